The largest absolute Gasteiger partial charge is 0.492 e. The molecule has 0 saturated carbocycles. The number of carboxylic acids is 1. The molecule has 0 fully saturated rings. The lowest BCUT2D eigenvalue weighted by Gasteiger charge is -2.29. The van der Waals surface area contributed by atoms with E-state index in [0.29, 0.717) is 64.4 Å². The van der Waals surface area contributed by atoms with Gasteiger partial charge in [-0.1, -0.05) is 61.0 Å². The minimum atomic E-state index is -1.15. The molecule has 2 aromatic carbocycles. The zero-order chi connectivity index (χ0) is 37.6. The number of aliphatic carboxylic acids is 1. The minimum Gasteiger partial charge on any atom is -0.492 e. The van der Waals surface area contributed by atoms with Crippen molar-refractivity contribution in [2.24, 2.45) is 11.5 Å². The number of rotatable bonds is 19. The number of thiazole rings is 1. The summed E-state index contributed by atoms with van der Waals surface area (Å²) in [6.07, 6.45) is 2.58. The summed E-state index contributed by atoms with van der Waals surface area (Å²) in [6.45, 7) is 4.53. The monoisotopic (exact) mass is 760 g/mol. The Hall–Kier alpha value is -4.70. The Kier molecular flexibility index (Phi) is 15.2. The average Bonchev–Trinajstić information content (AvgIpc) is 3.63. The maximum atomic E-state index is 13.0. The Balaban J connectivity index is 1.55. The Morgan fingerprint density at radius 2 is 1.77 bits per heavy atom. The van der Waals surface area contributed by atoms with E-state index in [-0.39, 0.29) is 24.3 Å². The molecule has 4 aromatic rings. The number of halogens is 1. The summed E-state index contributed by atoms with van der Waals surface area (Å²) in [5.74, 6) is -0.313. The molecule has 0 aliphatic rings. The fourth-order valence-corrected chi connectivity index (χ4v) is 7.17. The molecular weight excluding hydrogens is 720 g/mol. The summed E-state index contributed by atoms with van der Waals surface area (Å²) in [6, 6.07) is 17.0. The zero-order valence-corrected chi connectivity index (χ0v) is 31.4. The van der Waals surface area contributed by atoms with E-state index < -0.39 is 24.0 Å². The molecule has 6 N–H and O–H groups in total. The van der Waals surface area contributed by atoms with Crippen LogP contribution in [0.4, 0.5) is 5.82 Å². The molecule has 2 atom stereocenters. The third-order valence-electron chi connectivity index (χ3n) is 8.07. The van der Waals surface area contributed by atoms with E-state index in [1.54, 1.807) is 24.3 Å². The predicted octanol–water partition coefficient (Wildman–Crippen LogP) is 6.52. The third-order valence-corrected chi connectivity index (χ3v) is 10.3. The lowest BCUT2D eigenvalue weighted by Crippen LogP contribution is -2.51. The number of hydrogen-bond donors (Lipinski definition) is 4. The highest BCUT2D eigenvalue weighted by Crippen LogP contribution is 2.38. The van der Waals surface area contributed by atoms with Crippen molar-refractivity contribution in [3.05, 3.63) is 75.8 Å². The molecule has 0 spiro atoms. The van der Waals surface area contributed by atoms with E-state index in [4.69, 9.17) is 37.8 Å². The molecular formula is C37H41ClN8O4S2. The highest BCUT2D eigenvalue weighted by atomic mass is 35.5. The van der Waals surface area contributed by atoms with E-state index in [0.717, 1.165) is 29.1 Å². The van der Waals surface area contributed by atoms with E-state index in [2.05, 4.69) is 17.5 Å². The number of carbonyl (C=O) groups excluding carboxylic acids is 1. The predicted molar refractivity (Wildman–Crippen MR) is 205 cm³/mol. The van der Waals surface area contributed by atoms with Crippen molar-refractivity contribution < 1.29 is 19.4 Å². The number of pyridine rings is 1. The summed E-state index contributed by atoms with van der Waals surface area (Å²) in [5.41, 5.74) is 15.0. The Labute approximate surface area is 316 Å². The molecule has 0 aliphatic carbocycles. The van der Waals surface area contributed by atoms with Crippen molar-refractivity contribution in [2.75, 3.05) is 31.6 Å². The molecule has 272 valence electrons. The molecule has 15 heteroatoms. The molecule has 4 rings (SSSR count). The number of nitrogens with zero attached hydrogens (tertiary/aromatic N) is 5. The van der Waals surface area contributed by atoms with Crippen LogP contribution >= 0.6 is 34.7 Å². The van der Waals surface area contributed by atoms with Crippen LogP contribution in [0.25, 0.3) is 21.7 Å². The van der Waals surface area contributed by atoms with E-state index in [1.807, 2.05) is 36.6 Å². The Bertz CT molecular complexity index is 1910. The number of benzene rings is 2. The van der Waals surface area contributed by atoms with Crippen LogP contribution in [0.2, 0.25) is 5.02 Å². The third kappa shape index (κ3) is 10.4. The number of anilines is 1. The quantitative estimate of drug-likeness (QED) is 0.0596. The second-order valence-corrected chi connectivity index (χ2v) is 14.0. The van der Waals surface area contributed by atoms with Crippen LogP contribution in [0.1, 0.15) is 56.4 Å². The number of ether oxygens (including phenoxy) is 1. The summed E-state index contributed by atoms with van der Waals surface area (Å²) >= 11 is 8.93. The van der Waals surface area contributed by atoms with Gasteiger partial charge in [0.1, 0.15) is 52.0 Å². The van der Waals surface area contributed by atoms with Gasteiger partial charge < -0.3 is 31.5 Å². The van der Waals surface area contributed by atoms with Gasteiger partial charge in [0.05, 0.1) is 23.8 Å². The van der Waals surface area contributed by atoms with Gasteiger partial charge in [-0.05, 0) is 62.6 Å². The van der Waals surface area contributed by atoms with Gasteiger partial charge in [0.2, 0.25) is 5.91 Å². The number of nitrogens with two attached hydrogens (primary N) is 2. The normalized spacial score (nSPS) is 12.0. The second-order valence-electron chi connectivity index (χ2n) is 11.8. The van der Waals surface area contributed by atoms with Crippen LogP contribution < -0.4 is 21.5 Å². The number of carboxylic acid groups (broad SMARTS) is 1. The number of amides is 1. The van der Waals surface area contributed by atoms with Crippen LogP contribution in [0, 0.1) is 22.7 Å². The molecule has 0 unspecified atom stereocenters. The van der Waals surface area contributed by atoms with Gasteiger partial charge in [0.15, 0.2) is 0 Å². The molecule has 12 nitrogen and oxygen atoms in total. The number of nitrogens with one attached hydrogen (secondary N) is 1. The van der Waals surface area contributed by atoms with E-state index in [1.165, 1.54) is 34.9 Å². The summed E-state index contributed by atoms with van der Waals surface area (Å²) in [4.78, 5) is 35.5. The van der Waals surface area contributed by atoms with Crippen molar-refractivity contribution >= 4 is 52.4 Å². The first-order valence-electron chi connectivity index (χ1n) is 16.8. The maximum Gasteiger partial charge on any atom is 0.326 e. The van der Waals surface area contributed by atoms with Crippen molar-refractivity contribution in [3.8, 4) is 39.6 Å². The smallest absolute Gasteiger partial charge is 0.326 e. The van der Waals surface area contributed by atoms with Crippen molar-refractivity contribution in [1.29, 1.82) is 10.5 Å². The van der Waals surface area contributed by atoms with Gasteiger partial charge in [0, 0.05) is 33.8 Å². The number of hydrogen-bond acceptors (Lipinski definition) is 12. The van der Waals surface area contributed by atoms with Crippen LogP contribution in [0.3, 0.4) is 0 Å². The highest BCUT2D eigenvalue weighted by Gasteiger charge is 2.29. The highest BCUT2D eigenvalue weighted by molar-refractivity contribution is 7.98. The topological polar surface area (TPSA) is 204 Å². The average molecular weight is 761 g/mol. The molecule has 1 amide bonds. The van der Waals surface area contributed by atoms with Gasteiger partial charge in [0.25, 0.3) is 0 Å². The number of aromatic nitrogens is 2. The lowest BCUT2D eigenvalue weighted by atomic mass is 9.96. The van der Waals surface area contributed by atoms with Gasteiger partial charge in [-0.3, -0.25) is 4.79 Å². The maximum absolute atomic E-state index is 13.0. The summed E-state index contributed by atoms with van der Waals surface area (Å²) < 4.78 is 5.91. The first-order chi connectivity index (χ1) is 25.1. The summed E-state index contributed by atoms with van der Waals surface area (Å²) in [7, 11) is 0. The van der Waals surface area contributed by atoms with Crippen LogP contribution in [-0.2, 0) is 15.3 Å². The Morgan fingerprint density at radius 1 is 1.08 bits per heavy atom. The minimum absolute atomic E-state index is 0.00732. The molecule has 0 saturated heterocycles. The number of thioether (sulfide) groups is 1. The number of carbonyl (C=O) groups is 2. The van der Waals surface area contributed by atoms with Crippen molar-refractivity contribution in [3.63, 3.8) is 0 Å². The first kappa shape index (κ1) is 40.1. The van der Waals surface area contributed by atoms with Crippen molar-refractivity contribution in [2.45, 2.75) is 62.4 Å². The van der Waals surface area contributed by atoms with Crippen LogP contribution in [0.5, 0.6) is 5.75 Å². The number of unbranched alkanes of at least 4 members (excludes halogenated alkanes) is 1. The van der Waals surface area contributed by atoms with E-state index in [9.17, 15) is 25.2 Å². The molecule has 52 heavy (non-hydrogen) atoms. The second kappa shape index (κ2) is 19.8. The fraction of sp³-hybridized carbons (Fsp3) is 0.351. The standard InChI is InChI=1S/C37H41ClN8O4S2/c1-3-16-43-33-29(19-40)32(30(20-41)35(45-33)52-22-27-21-51-34(44-27)25-7-11-26(38)12-8-25)24-9-13-28(14-10-24)50-18-17-46(23(2)37(48)49)36(47)31(42)6-4-5-15-39/h7-14,21,23,31H,3-6,15-18,22,39,42H2,1-2H3,(H,43,45)(H,48,49)/t23-,31-/m0/s1. The van der Waals surface area contributed by atoms with E-state index >= 15 is 0 Å². The van der Waals surface area contributed by atoms with Gasteiger partial charge in [-0.15, -0.1) is 11.3 Å². The molecule has 2 aromatic heterocycles. The van der Waals surface area contributed by atoms with Gasteiger partial charge in [-0.2, -0.15) is 10.5 Å². The Morgan fingerprint density at radius 3 is 2.40 bits per heavy atom. The van der Waals surface area contributed by atoms with Crippen LogP contribution in [0.15, 0.2) is 58.9 Å². The van der Waals surface area contributed by atoms with Crippen molar-refractivity contribution in [1.82, 2.24) is 14.9 Å². The zero-order valence-electron chi connectivity index (χ0n) is 29.0. The van der Waals surface area contributed by atoms with Gasteiger partial charge >= 0.3 is 5.97 Å². The SMILES string of the molecule is CCCNc1nc(SCc2csc(-c3ccc(Cl)cc3)n2)c(C#N)c(-c2ccc(OCCN(C(=O)[C@@H](N)CCCCN)[C@@H](C)C(=O)O)cc2)c1C#N. The first-order valence-corrected chi connectivity index (χ1v) is 19.0. The van der Waals surface area contributed by atoms with Crippen LogP contribution in [-0.4, -0.2) is 70.2 Å². The van der Waals surface area contributed by atoms with Gasteiger partial charge in [-0.25, -0.2) is 14.8 Å². The molecule has 0 radical (unpaired) electrons. The molecule has 0 bridgehead atoms. The molecule has 2 heterocycles. The lowest BCUT2D eigenvalue weighted by molar-refractivity contribution is -0.150. The number of nitriles is 2. The molecule has 0 aliphatic heterocycles. The summed E-state index contributed by atoms with van der Waals surface area (Å²) in [5, 5.41) is 37.5. The fourth-order valence-electron chi connectivity index (χ4n) is 5.23.